The second kappa shape index (κ2) is 4.80. The monoisotopic (exact) mass is 219 g/mol. The molecule has 0 aliphatic rings. The van der Waals surface area contributed by atoms with Crippen LogP contribution in [0.4, 0.5) is 0 Å². The number of alkyl halides is 1. The normalized spacial score (nSPS) is 9.93. The summed E-state index contributed by atoms with van der Waals surface area (Å²) in [6, 6.07) is 13.3. The van der Waals surface area contributed by atoms with Crippen LogP contribution in [-0.4, -0.2) is 4.98 Å². The van der Waals surface area contributed by atoms with Gasteiger partial charge in [0, 0.05) is 18.1 Å². The van der Waals surface area contributed by atoms with Gasteiger partial charge in [0.05, 0.1) is 0 Å². The molecule has 0 atom stereocenters. The van der Waals surface area contributed by atoms with Gasteiger partial charge < -0.3 is 4.74 Å². The van der Waals surface area contributed by atoms with Gasteiger partial charge in [0.25, 0.3) is 0 Å². The first kappa shape index (κ1) is 9.99. The lowest BCUT2D eigenvalue weighted by Crippen LogP contribution is -1.88. The summed E-state index contributed by atoms with van der Waals surface area (Å²) in [6.45, 7) is 0. The standard InChI is InChI=1S/C12H10ClNO/c13-8-10-6-7-12(14-9-10)15-11-4-2-1-3-5-11/h1-7,9H,8H2. The predicted octanol–water partition coefficient (Wildman–Crippen LogP) is 3.61. The first-order valence-corrected chi connectivity index (χ1v) is 5.16. The van der Waals surface area contributed by atoms with Crippen LogP contribution in [-0.2, 0) is 5.88 Å². The molecule has 2 nitrogen and oxygen atoms in total. The summed E-state index contributed by atoms with van der Waals surface area (Å²) in [6.07, 6.45) is 1.71. The number of aromatic nitrogens is 1. The van der Waals surface area contributed by atoms with E-state index in [1.54, 1.807) is 6.20 Å². The van der Waals surface area contributed by atoms with Gasteiger partial charge in [0.1, 0.15) is 5.75 Å². The molecule has 0 amide bonds. The first-order valence-electron chi connectivity index (χ1n) is 4.62. The summed E-state index contributed by atoms with van der Waals surface area (Å²) in [7, 11) is 0. The molecule has 0 unspecified atom stereocenters. The molecular formula is C12H10ClNO. The van der Waals surface area contributed by atoms with Crippen LogP contribution in [0.15, 0.2) is 48.7 Å². The van der Waals surface area contributed by atoms with Gasteiger partial charge in [-0.3, -0.25) is 0 Å². The Hall–Kier alpha value is -1.54. The van der Waals surface area contributed by atoms with Crippen molar-refractivity contribution in [3.05, 3.63) is 54.2 Å². The minimum atomic E-state index is 0.471. The van der Waals surface area contributed by atoms with Crippen LogP contribution < -0.4 is 4.74 Å². The lowest BCUT2D eigenvalue weighted by molar-refractivity contribution is 0.462. The van der Waals surface area contributed by atoms with Crippen molar-refractivity contribution >= 4 is 11.6 Å². The average molecular weight is 220 g/mol. The molecule has 76 valence electrons. The predicted molar refractivity (Wildman–Crippen MR) is 60.3 cm³/mol. The highest BCUT2D eigenvalue weighted by Gasteiger charge is 1.97. The zero-order valence-corrected chi connectivity index (χ0v) is 8.82. The van der Waals surface area contributed by atoms with Gasteiger partial charge in [-0.1, -0.05) is 24.3 Å². The molecule has 1 heterocycles. The van der Waals surface area contributed by atoms with Crippen molar-refractivity contribution in [2.24, 2.45) is 0 Å². The number of para-hydroxylation sites is 1. The Morgan fingerprint density at radius 2 is 1.87 bits per heavy atom. The molecular weight excluding hydrogens is 210 g/mol. The second-order valence-corrected chi connectivity index (χ2v) is 3.32. The lowest BCUT2D eigenvalue weighted by atomic mass is 10.3. The third kappa shape index (κ3) is 2.70. The third-order valence-electron chi connectivity index (χ3n) is 1.92. The fourth-order valence-electron chi connectivity index (χ4n) is 1.16. The van der Waals surface area contributed by atoms with E-state index in [9.17, 15) is 0 Å². The Balaban J connectivity index is 2.11. The Bertz CT molecular complexity index is 413. The molecule has 2 rings (SSSR count). The van der Waals surface area contributed by atoms with Crippen LogP contribution >= 0.6 is 11.6 Å². The van der Waals surface area contributed by atoms with Gasteiger partial charge in [-0.05, 0) is 17.7 Å². The molecule has 15 heavy (non-hydrogen) atoms. The fourth-order valence-corrected chi connectivity index (χ4v) is 1.32. The number of ether oxygens (including phenoxy) is 1. The van der Waals surface area contributed by atoms with Crippen molar-refractivity contribution < 1.29 is 4.74 Å². The van der Waals surface area contributed by atoms with Crippen molar-refractivity contribution in [1.82, 2.24) is 4.98 Å². The molecule has 0 spiro atoms. The van der Waals surface area contributed by atoms with Crippen molar-refractivity contribution in [2.75, 3.05) is 0 Å². The van der Waals surface area contributed by atoms with E-state index in [0.29, 0.717) is 11.8 Å². The topological polar surface area (TPSA) is 22.1 Å². The molecule has 0 saturated heterocycles. The van der Waals surface area contributed by atoms with Gasteiger partial charge in [-0.2, -0.15) is 0 Å². The van der Waals surface area contributed by atoms with E-state index in [1.165, 1.54) is 0 Å². The maximum Gasteiger partial charge on any atom is 0.219 e. The van der Waals surface area contributed by atoms with Crippen LogP contribution in [0.25, 0.3) is 0 Å². The molecule has 0 radical (unpaired) electrons. The summed E-state index contributed by atoms with van der Waals surface area (Å²) in [5.74, 6) is 1.83. The van der Waals surface area contributed by atoms with E-state index < -0.39 is 0 Å². The molecule has 2 aromatic rings. The smallest absolute Gasteiger partial charge is 0.219 e. The molecule has 1 aromatic carbocycles. The second-order valence-electron chi connectivity index (χ2n) is 3.05. The largest absolute Gasteiger partial charge is 0.439 e. The van der Waals surface area contributed by atoms with Crippen molar-refractivity contribution in [3.63, 3.8) is 0 Å². The lowest BCUT2D eigenvalue weighted by Gasteiger charge is -2.04. The fraction of sp³-hybridized carbons (Fsp3) is 0.0833. The maximum atomic E-state index is 5.66. The quantitative estimate of drug-likeness (QED) is 0.736. The Morgan fingerprint density at radius 3 is 2.47 bits per heavy atom. The van der Waals surface area contributed by atoms with Crippen molar-refractivity contribution in [1.29, 1.82) is 0 Å². The molecule has 0 saturated carbocycles. The number of hydrogen-bond acceptors (Lipinski definition) is 2. The summed E-state index contributed by atoms with van der Waals surface area (Å²) < 4.78 is 5.52. The zero-order chi connectivity index (χ0) is 10.5. The number of pyridine rings is 1. The SMILES string of the molecule is ClCc1ccc(Oc2ccccc2)nc1. The highest BCUT2D eigenvalue weighted by molar-refractivity contribution is 6.17. The van der Waals surface area contributed by atoms with Crippen LogP contribution in [0.5, 0.6) is 11.6 Å². The van der Waals surface area contributed by atoms with Gasteiger partial charge in [0.2, 0.25) is 5.88 Å². The molecule has 3 heteroatoms. The van der Waals surface area contributed by atoms with Crippen LogP contribution in [0.1, 0.15) is 5.56 Å². The number of halogens is 1. The summed E-state index contributed by atoms with van der Waals surface area (Å²) >= 11 is 5.66. The number of rotatable bonds is 3. The van der Waals surface area contributed by atoms with E-state index in [1.807, 2.05) is 42.5 Å². The highest BCUT2D eigenvalue weighted by atomic mass is 35.5. The number of hydrogen-bond donors (Lipinski definition) is 0. The van der Waals surface area contributed by atoms with Crippen LogP contribution in [0.3, 0.4) is 0 Å². The van der Waals surface area contributed by atoms with E-state index >= 15 is 0 Å². The molecule has 0 aliphatic carbocycles. The van der Waals surface area contributed by atoms with E-state index in [2.05, 4.69) is 4.98 Å². The zero-order valence-electron chi connectivity index (χ0n) is 8.06. The summed E-state index contributed by atoms with van der Waals surface area (Å²) in [5, 5.41) is 0. The molecule has 1 aromatic heterocycles. The average Bonchev–Trinajstić information content (AvgIpc) is 2.31. The number of nitrogens with zero attached hydrogens (tertiary/aromatic N) is 1. The van der Waals surface area contributed by atoms with E-state index in [-0.39, 0.29) is 0 Å². The third-order valence-corrected chi connectivity index (χ3v) is 2.23. The van der Waals surface area contributed by atoms with E-state index in [0.717, 1.165) is 11.3 Å². The van der Waals surface area contributed by atoms with Gasteiger partial charge in [0.15, 0.2) is 0 Å². The maximum absolute atomic E-state index is 5.66. The summed E-state index contributed by atoms with van der Waals surface area (Å²) in [4.78, 5) is 4.14. The number of benzene rings is 1. The van der Waals surface area contributed by atoms with Crippen molar-refractivity contribution in [2.45, 2.75) is 5.88 Å². The molecule has 0 bridgehead atoms. The van der Waals surface area contributed by atoms with Crippen molar-refractivity contribution in [3.8, 4) is 11.6 Å². The minimum Gasteiger partial charge on any atom is -0.439 e. The minimum absolute atomic E-state index is 0.471. The summed E-state index contributed by atoms with van der Waals surface area (Å²) in [5.41, 5.74) is 0.983. The van der Waals surface area contributed by atoms with Crippen LogP contribution in [0, 0.1) is 0 Å². The molecule has 0 N–H and O–H groups in total. The first-order chi connectivity index (χ1) is 7.38. The van der Waals surface area contributed by atoms with E-state index in [4.69, 9.17) is 16.3 Å². The molecule has 0 fully saturated rings. The van der Waals surface area contributed by atoms with Crippen LogP contribution in [0.2, 0.25) is 0 Å². The molecule has 0 aliphatic heterocycles. The van der Waals surface area contributed by atoms with Gasteiger partial charge in [-0.25, -0.2) is 4.98 Å². The Morgan fingerprint density at radius 1 is 1.07 bits per heavy atom. The Kier molecular flexibility index (Phi) is 3.20. The highest BCUT2D eigenvalue weighted by Crippen LogP contribution is 2.18. The van der Waals surface area contributed by atoms with Gasteiger partial charge in [-0.15, -0.1) is 11.6 Å². The Labute approximate surface area is 93.5 Å². The van der Waals surface area contributed by atoms with Gasteiger partial charge >= 0.3 is 0 Å².